The van der Waals surface area contributed by atoms with E-state index >= 15 is 0 Å². The monoisotopic (exact) mass is 345 g/mol. The van der Waals surface area contributed by atoms with Crippen LogP contribution in [0.2, 0.25) is 0 Å². The lowest BCUT2D eigenvalue weighted by atomic mass is 10.0. The summed E-state index contributed by atoms with van der Waals surface area (Å²) in [5.74, 6) is -0.200. The summed E-state index contributed by atoms with van der Waals surface area (Å²) in [5.41, 5.74) is 1.78. The average molecular weight is 345 g/mol. The number of piperidine rings is 1. The number of hydrogen-bond donors (Lipinski definition) is 0. The molecule has 2 aromatic rings. The molecule has 0 saturated carbocycles. The number of aromatic nitrogens is 2. The maximum atomic E-state index is 13.8. The van der Waals surface area contributed by atoms with Crippen molar-refractivity contribution in [3.05, 3.63) is 47.5 Å². The second kappa shape index (κ2) is 7.68. The molecular formula is C19H24FN3O2. The minimum Gasteiger partial charge on any atom is -0.494 e. The molecule has 1 aliphatic rings. The Morgan fingerprint density at radius 2 is 2.24 bits per heavy atom. The molecule has 1 aromatic heterocycles. The second-order valence-corrected chi connectivity index (χ2v) is 6.62. The Bertz CT molecular complexity index is 744. The van der Waals surface area contributed by atoms with Gasteiger partial charge in [0, 0.05) is 12.7 Å². The van der Waals surface area contributed by atoms with Crippen molar-refractivity contribution >= 4 is 5.91 Å². The number of ether oxygens (including phenoxy) is 1. The molecule has 2 heterocycles. The lowest BCUT2D eigenvalue weighted by molar-refractivity contribution is -0.134. The van der Waals surface area contributed by atoms with Crippen molar-refractivity contribution in [2.75, 3.05) is 13.7 Å². The SMILES string of the molecule is COc1ccc(CC(=O)N2CCCC[C@H]2Cn2cc(C)cn2)cc1F. The van der Waals surface area contributed by atoms with E-state index in [9.17, 15) is 9.18 Å². The van der Waals surface area contributed by atoms with Crippen molar-refractivity contribution in [3.63, 3.8) is 0 Å². The van der Waals surface area contributed by atoms with E-state index < -0.39 is 5.82 Å². The van der Waals surface area contributed by atoms with Gasteiger partial charge in [0.2, 0.25) is 5.91 Å². The van der Waals surface area contributed by atoms with Crippen molar-refractivity contribution in [2.24, 2.45) is 0 Å². The molecule has 3 rings (SSSR count). The van der Waals surface area contributed by atoms with Gasteiger partial charge in [-0.3, -0.25) is 9.48 Å². The van der Waals surface area contributed by atoms with E-state index in [2.05, 4.69) is 5.10 Å². The molecule has 1 aliphatic heterocycles. The molecule has 1 fully saturated rings. The zero-order valence-corrected chi connectivity index (χ0v) is 14.7. The smallest absolute Gasteiger partial charge is 0.227 e. The van der Waals surface area contributed by atoms with Gasteiger partial charge >= 0.3 is 0 Å². The maximum absolute atomic E-state index is 13.8. The van der Waals surface area contributed by atoms with Gasteiger partial charge in [-0.1, -0.05) is 6.07 Å². The van der Waals surface area contributed by atoms with E-state index in [0.29, 0.717) is 12.1 Å². The highest BCUT2D eigenvalue weighted by molar-refractivity contribution is 5.79. The lowest BCUT2D eigenvalue weighted by Gasteiger charge is -2.36. The number of nitrogens with zero attached hydrogens (tertiary/aromatic N) is 3. The van der Waals surface area contributed by atoms with Crippen LogP contribution in [0.5, 0.6) is 5.75 Å². The Morgan fingerprint density at radius 1 is 1.40 bits per heavy atom. The quantitative estimate of drug-likeness (QED) is 0.837. The summed E-state index contributed by atoms with van der Waals surface area (Å²) in [4.78, 5) is 14.7. The third-order valence-corrected chi connectivity index (χ3v) is 4.68. The molecule has 134 valence electrons. The topological polar surface area (TPSA) is 47.4 Å². The van der Waals surface area contributed by atoms with Gasteiger partial charge in [0.05, 0.1) is 32.3 Å². The molecule has 1 atom stereocenters. The molecule has 1 amide bonds. The Balaban J connectivity index is 1.69. The molecule has 0 unspecified atom stereocenters. The van der Waals surface area contributed by atoms with Crippen molar-refractivity contribution in [2.45, 2.75) is 45.2 Å². The van der Waals surface area contributed by atoms with Crippen LogP contribution in [0.1, 0.15) is 30.4 Å². The van der Waals surface area contributed by atoms with Gasteiger partial charge in [0.15, 0.2) is 11.6 Å². The summed E-state index contributed by atoms with van der Waals surface area (Å²) >= 11 is 0. The van der Waals surface area contributed by atoms with Crippen LogP contribution < -0.4 is 4.74 Å². The fourth-order valence-electron chi connectivity index (χ4n) is 3.40. The molecule has 25 heavy (non-hydrogen) atoms. The second-order valence-electron chi connectivity index (χ2n) is 6.62. The summed E-state index contributed by atoms with van der Waals surface area (Å²) in [5, 5.41) is 4.33. The van der Waals surface area contributed by atoms with E-state index in [-0.39, 0.29) is 24.1 Å². The van der Waals surface area contributed by atoms with Gasteiger partial charge in [-0.2, -0.15) is 5.10 Å². The normalized spacial score (nSPS) is 17.6. The van der Waals surface area contributed by atoms with Crippen LogP contribution in [0.4, 0.5) is 4.39 Å². The zero-order valence-electron chi connectivity index (χ0n) is 14.7. The van der Waals surface area contributed by atoms with Crippen LogP contribution in [0.3, 0.4) is 0 Å². The number of halogens is 1. The Morgan fingerprint density at radius 3 is 2.92 bits per heavy atom. The Kier molecular flexibility index (Phi) is 5.36. The van der Waals surface area contributed by atoms with Gasteiger partial charge in [0.1, 0.15) is 0 Å². The van der Waals surface area contributed by atoms with Gasteiger partial charge in [-0.15, -0.1) is 0 Å². The first-order valence-electron chi connectivity index (χ1n) is 8.68. The van der Waals surface area contributed by atoms with Crippen LogP contribution in [-0.4, -0.2) is 40.3 Å². The summed E-state index contributed by atoms with van der Waals surface area (Å²) in [6.45, 7) is 3.46. The molecule has 5 nitrogen and oxygen atoms in total. The van der Waals surface area contributed by atoms with Crippen LogP contribution in [0, 0.1) is 12.7 Å². The zero-order chi connectivity index (χ0) is 17.8. The molecule has 0 spiro atoms. The fourth-order valence-corrected chi connectivity index (χ4v) is 3.40. The van der Waals surface area contributed by atoms with E-state index in [0.717, 1.165) is 31.4 Å². The highest BCUT2D eigenvalue weighted by Gasteiger charge is 2.27. The number of carbonyl (C=O) groups is 1. The molecule has 1 saturated heterocycles. The molecular weight excluding hydrogens is 321 g/mol. The number of benzene rings is 1. The number of methoxy groups -OCH3 is 1. The Hall–Kier alpha value is -2.37. The first kappa shape index (κ1) is 17.5. The molecule has 6 heteroatoms. The third kappa shape index (κ3) is 4.18. The minimum absolute atomic E-state index is 0.0399. The van der Waals surface area contributed by atoms with E-state index in [4.69, 9.17) is 4.74 Å². The summed E-state index contributed by atoms with van der Waals surface area (Å²) in [6.07, 6.45) is 7.13. The number of aryl methyl sites for hydroxylation is 1. The number of likely N-dealkylation sites (tertiary alicyclic amines) is 1. The standard InChI is InChI=1S/C19H24FN3O2/c1-14-11-21-22(12-14)13-16-5-3-4-8-23(16)19(24)10-15-6-7-18(25-2)17(20)9-15/h6-7,9,11-12,16H,3-5,8,10,13H2,1-2H3/t16-/m0/s1. The molecule has 0 bridgehead atoms. The highest BCUT2D eigenvalue weighted by Crippen LogP contribution is 2.22. The first-order valence-corrected chi connectivity index (χ1v) is 8.68. The van der Waals surface area contributed by atoms with Gasteiger partial charge < -0.3 is 9.64 Å². The van der Waals surface area contributed by atoms with Crippen LogP contribution in [0.25, 0.3) is 0 Å². The summed E-state index contributed by atoms with van der Waals surface area (Å²) < 4.78 is 20.7. The minimum atomic E-state index is -0.435. The number of rotatable bonds is 5. The molecule has 0 N–H and O–H groups in total. The average Bonchev–Trinajstić information content (AvgIpc) is 3.00. The van der Waals surface area contributed by atoms with Crippen molar-refractivity contribution in [3.8, 4) is 5.75 Å². The molecule has 1 aromatic carbocycles. The molecule has 0 radical (unpaired) electrons. The number of hydrogen-bond acceptors (Lipinski definition) is 3. The van der Waals surface area contributed by atoms with Crippen molar-refractivity contribution in [1.29, 1.82) is 0 Å². The predicted octanol–water partition coefficient (Wildman–Crippen LogP) is 2.96. The predicted molar refractivity (Wildman–Crippen MR) is 93.0 cm³/mol. The highest BCUT2D eigenvalue weighted by atomic mass is 19.1. The number of carbonyl (C=O) groups excluding carboxylic acids is 1. The van der Waals surface area contributed by atoms with Crippen molar-refractivity contribution in [1.82, 2.24) is 14.7 Å². The van der Waals surface area contributed by atoms with Gasteiger partial charge in [-0.25, -0.2) is 4.39 Å². The summed E-state index contributed by atoms with van der Waals surface area (Å²) in [6, 6.07) is 4.84. The van der Waals surface area contributed by atoms with Gasteiger partial charge in [-0.05, 0) is 49.4 Å². The van der Waals surface area contributed by atoms with Crippen LogP contribution in [-0.2, 0) is 17.8 Å². The van der Waals surface area contributed by atoms with E-state index in [1.807, 2.05) is 28.9 Å². The largest absolute Gasteiger partial charge is 0.494 e. The van der Waals surface area contributed by atoms with Crippen LogP contribution in [0.15, 0.2) is 30.6 Å². The lowest BCUT2D eigenvalue weighted by Crippen LogP contribution is -2.46. The van der Waals surface area contributed by atoms with Crippen LogP contribution >= 0.6 is 0 Å². The fraction of sp³-hybridized carbons (Fsp3) is 0.474. The maximum Gasteiger partial charge on any atom is 0.227 e. The van der Waals surface area contributed by atoms with E-state index in [1.165, 1.54) is 13.2 Å². The third-order valence-electron chi connectivity index (χ3n) is 4.68. The van der Waals surface area contributed by atoms with Crippen molar-refractivity contribution < 1.29 is 13.9 Å². The molecule has 0 aliphatic carbocycles. The summed E-state index contributed by atoms with van der Waals surface area (Å²) in [7, 11) is 1.43. The first-order chi connectivity index (χ1) is 12.1. The van der Waals surface area contributed by atoms with Gasteiger partial charge in [0.25, 0.3) is 0 Å². The Labute approximate surface area is 147 Å². The number of amides is 1. The van der Waals surface area contributed by atoms with E-state index in [1.54, 1.807) is 12.1 Å².